The Balaban J connectivity index is 1.98. The number of nitrogens with zero attached hydrogens (tertiary/aromatic N) is 2. The van der Waals surface area contributed by atoms with Crippen LogP contribution < -0.4 is 5.32 Å². The standard InChI is InChI=1S/C12H15Br2N3O/c1-7-2-4-8(5-3-7)12(18)17-11-10(14)16-9(13)6-15-11/h6-8H,2-5H2,1H3,(H,15,17,18). The summed E-state index contributed by atoms with van der Waals surface area (Å²) in [5.41, 5.74) is 0. The molecule has 1 heterocycles. The van der Waals surface area contributed by atoms with Crippen LogP contribution in [0.25, 0.3) is 0 Å². The molecule has 1 saturated carbocycles. The molecule has 1 amide bonds. The Labute approximate surface area is 123 Å². The highest BCUT2D eigenvalue weighted by molar-refractivity contribution is 9.11. The highest BCUT2D eigenvalue weighted by Crippen LogP contribution is 2.29. The van der Waals surface area contributed by atoms with Crippen LogP contribution in [0, 0.1) is 11.8 Å². The molecule has 0 aromatic carbocycles. The van der Waals surface area contributed by atoms with Crippen molar-refractivity contribution in [2.75, 3.05) is 5.32 Å². The van der Waals surface area contributed by atoms with E-state index in [1.54, 1.807) is 6.20 Å². The van der Waals surface area contributed by atoms with Gasteiger partial charge in [-0.1, -0.05) is 6.92 Å². The average Bonchev–Trinajstić information content (AvgIpc) is 2.33. The number of nitrogens with one attached hydrogen (secondary N) is 1. The van der Waals surface area contributed by atoms with Crippen LogP contribution in [-0.2, 0) is 4.79 Å². The molecular formula is C12H15Br2N3O. The molecule has 0 atom stereocenters. The maximum atomic E-state index is 12.1. The van der Waals surface area contributed by atoms with Crippen LogP contribution in [0.15, 0.2) is 15.4 Å². The van der Waals surface area contributed by atoms with Gasteiger partial charge in [-0.2, -0.15) is 0 Å². The molecule has 1 N–H and O–H groups in total. The summed E-state index contributed by atoms with van der Waals surface area (Å²) in [4.78, 5) is 20.4. The second-order valence-corrected chi connectivity index (χ2v) is 6.34. The lowest BCUT2D eigenvalue weighted by Crippen LogP contribution is -2.27. The first kappa shape index (κ1) is 13.9. The van der Waals surface area contributed by atoms with Crippen LogP contribution in [0.5, 0.6) is 0 Å². The summed E-state index contributed by atoms with van der Waals surface area (Å²) in [5.74, 6) is 1.40. The normalized spacial score (nSPS) is 23.7. The minimum atomic E-state index is 0.0548. The summed E-state index contributed by atoms with van der Waals surface area (Å²) in [6.07, 6.45) is 5.77. The van der Waals surface area contributed by atoms with Crippen LogP contribution >= 0.6 is 31.9 Å². The van der Waals surface area contributed by atoms with E-state index in [1.807, 2.05) is 0 Å². The van der Waals surface area contributed by atoms with Gasteiger partial charge < -0.3 is 5.32 Å². The van der Waals surface area contributed by atoms with E-state index in [9.17, 15) is 4.79 Å². The van der Waals surface area contributed by atoms with Crippen molar-refractivity contribution < 1.29 is 4.79 Å². The highest BCUT2D eigenvalue weighted by atomic mass is 79.9. The molecule has 4 nitrogen and oxygen atoms in total. The Bertz CT molecular complexity index is 445. The predicted molar refractivity (Wildman–Crippen MR) is 77.2 cm³/mol. The molecule has 98 valence electrons. The Morgan fingerprint density at radius 3 is 2.61 bits per heavy atom. The Hall–Kier alpha value is -0.490. The van der Waals surface area contributed by atoms with Gasteiger partial charge in [0.15, 0.2) is 5.82 Å². The number of carbonyl (C=O) groups excluding carboxylic acids is 1. The fraction of sp³-hybridized carbons (Fsp3) is 0.583. The molecule has 0 radical (unpaired) electrons. The monoisotopic (exact) mass is 375 g/mol. The van der Waals surface area contributed by atoms with Crippen LogP contribution in [0.2, 0.25) is 0 Å². The minimum absolute atomic E-state index is 0.0548. The lowest BCUT2D eigenvalue weighted by Gasteiger charge is -2.25. The van der Waals surface area contributed by atoms with Crippen molar-refractivity contribution in [2.24, 2.45) is 11.8 Å². The first-order chi connectivity index (χ1) is 8.56. The second kappa shape index (κ2) is 6.10. The van der Waals surface area contributed by atoms with Crippen molar-refractivity contribution >= 4 is 43.6 Å². The van der Waals surface area contributed by atoms with Crippen LogP contribution in [0.3, 0.4) is 0 Å². The number of aromatic nitrogens is 2. The molecule has 6 heteroatoms. The lowest BCUT2D eigenvalue weighted by molar-refractivity contribution is -0.121. The molecule has 18 heavy (non-hydrogen) atoms. The van der Waals surface area contributed by atoms with Gasteiger partial charge in [0.25, 0.3) is 0 Å². The number of amides is 1. The van der Waals surface area contributed by atoms with Gasteiger partial charge in [-0.15, -0.1) is 0 Å². The van der Waals surface area contributed by atoms with Gasteiger partial charge in [-0.05, 0) is 63.5 Å². The van der Waals surface area contributed by atoms with Crippen LogP contribution in [0.4, 0.5) is 5.82 Å². The van der Waals surface area contributed by atoms with Crippen molar-refractivity contribution in [1.82, 2.24) is 9.97 Å². The summed E-state index contributed by atoms with van der Waals surface area (Å²) < 4.78 is 1.19. The quantitative estimate of drug-likeness (QED) is 0.854. The van der Waals surface area contributed by atoms with Gasteiger partial charge in [-0.25, -0.2) is 9.97 Å². The van der Waals surface area contributed by atoms with Crippen molar-refractivity contribution in [3.63, 3.8) is 0 Å². The van der Waals surface area contributed by atoms with E-state index < -0.39 is 0 Å². The summed E-state index contributed by atoms with van der Waals surface area (Å²) in [5, 5.41) is 2.84. The van der Waals surface area contributed by atoms with Crippen LogP contribution in [0.1, 0.15) is 32.6 Å². The SMILES string of the molecule is CC1CCC(C(=O)Nc2ncc(Br)nc2Br)CC1. The number of halogens is 2. The molecule has 1 aromatic rings. The van der Waals surface area contributed by atoms with E-state index in [0.717, 1.165) is 31.6 Å². The van der Waals surface area contributed by atoms with E-state index >= 15 is 0 Å². The molecule has 1 aliphatic rings. The van der Waals surface area contributed by atoms with Crippen molar-refractivity contribution in [3.05, 3.63) is 15.4 Å². The van der Waals surface area contributed by atoms with Crippen LogP contribution in [-0.4, -0.2) is 15.9 Å². The molecule has 0 bridgehead atoms. The minimum Gasteiger partial charge on any atom is -0.308 e. The number of hydrogen-bond acceptors (Lipinski definition) is 3. The average molecular weight is 377 g/mol. The zero-order chi connectivity index (χ0) is 13.1. The predicted octanol–water partition coefficient (Wildman–Crippen LogP) is 3.77. The van der Waals surface area contributed by atoms with Crippen molar-refractivity contribution in [3.8, 4) is 0 Å². The van der Waals surface area contributed by atoms with Crippen molar-refractivity contribution in [2.45, 2.75) is 32.6 Å². The highest BCUT2D eigenvalue weighted by Gasteiger charge is 2.25. The van der Waals surface area contributed by atoms with E-state index in [1.165, 1.54) is 0 Å². The molecule has 0 spiro atoms. The van der Waals surface area contributed by atoms with Crippen molar-refractivity contribution in [1.29, 1.82) is 0 Å². The third-order valence-corrected chi connectivity index (χ3v) is 4.26. The van der Waals surface area contributed by atoms with Gasteiger partial charge in [0, 0.05) is 5.92 Å². The molecule has 2 rings (SSSR count). The zero-order valence-electron chi connectivity index (χ0n) is 10.1. The molecule has 1 fully saturated rings. The first-order valence-corrected chi connectivity index (χ1v) is 7.63. The Kier molecular flexibility index (Phi) is 4.72. The smallest absolute Gasteiger partial charge is 0.228 e. The Morgan fingerprint density at radius 2 is 2.00 bits per heavy atom. The van der Waals surface area contributed by atoms with E-state index in [0.29, 0.717) is 15.0 Å². The Morgan fingerprint density at radius 1 is 1.33 bits per heavy atom. The van der Waals surface area contributed by atoms with E-state index in [-0.39, 0.29) is 11.8 Å². The van der Waals surface area contributed by atoms with Gasteiger partial charge in [0.2, 0.25) is 5.91 Å². The summed E-state index contributed by atoms with van der Waals surface area (Å²) in [6, 6.07) is 0. The molecule has 1 aromatic heterocycles. The topological polar surface area (TPSA) is 54.9 Å². The fourth-order valence-electron chi connectivity index (χ4n) is 2.17. The summed E-state index contributed by atoms with van der Waals surface area (Å²) >= 11 is 6.52. The van der Waals surface area contributed by atoms with Gasteiger partial charge >= 0.3 is 0 Å². The van der Waals surface area contributed by atoms with Gasteiger partial charge in [-0.3, -0.25) is 4.79 Å². The number of hydrogen-bond donors (Lipinski definition) is 1. The third-order valence-electron chi connectivity index (χ3n) is 3.33. The molecule has 0 aliphatic heterocycles. The maximum absolute atomic E-state index is 12.1. The number of anilines is 1. The lowest BCUT2D eigenvalue weighted by atomic mass is 9.82. The second-order valence-electron chi connectivity index (χ2n) is 4.78. The molecular weight excluding hydrogens is 362 g/mol. The maximum Gasteiger partial charge on any atom is 0.228 e. The first-order valence-electron chi connectivity index (χ1n) is 6.05. The van der Waals surface area contributed by atoms with E-state index in [2.05, 4.69) is 54.1 Å². The summed E-state index contributed by atoms with van der Waals surface area (Å²) in [7, 11) is 0. The van der Waals surface area contributed by atoms with Gasteiger partial charge in [0.05, 0.1) is 6.20 Å². The summed E-state index contributed by atoms with van der Waals surface area (Å²) in [6.45, 7) is 2.24. The molecule has 0 unspecified atom stereocenters. The van der Waals surface area contributed by atoms with Gasteiger partial charge in [0.1, 0.15) is 9.21 Å². The fourth-order valence-corrected chi connectivity index (χ4v) is 3.08. The molecule has 0 saturated heterocycles. The zero-order valence-corrected chi connectivity index (χ0v) is 13.3. The number of rotatable bonds is 2. The molecule has 1 aliphatic carbocycles. The van der Waals surface area contributed by atoms with E-state index in [4.69, 9.17) is 0 Å². The third kappa shape index (κ3) is 3.51. The largest absolute Gasteiger partial charge is 0.308 e. The number of carbonyl (C=O) groups is 1.